The van der Waals surface area contributed by atoms with E-state index in [9.17, 15) is 22.4 Å². The van der Waals surface area contributed by atoms with Gasteiger partial charge in [0.15, 0.2) is 5.82 Å². The minimum absolute atomic E-state index is 0.0482. The first kappa shape index (κ1) is 12.5. The third kappa shape index (κ3) is 1.93. The van der Waals surface area contributed by atoms with E-state index in [1.54, 1.807) is 0 Å². The number of fused-ring (bicyclic) bond motifs is 1. The second-order valence-corrected chi connectivity index (χ2v) is 3.94. The lowest BCUT2D eigenvalue weighted by Crippen LogP contribution is -2.28. The number of rotatable bonds is 1. The van der Waals surface area contributed by atoms with Crippen LogP contribution in [-0.2, 0) is 13.6 Å². The average Bonchev–Trinajstić information content (AvgIpc) is 2.48. The van der Waals surface area contributed by atoms with E-state index in [0.717, 1.165) is 0 Å². The molecule has 0 unspecified atom stereocenters. The molecule has 0 radical (unpaired) electrons. The van der Waals surface area contributed by atoms with E-state index < -0.39 is 24.1 Å². The fourth-order valence-corrected chi connectivity index (χ4v) is 1.87. The molecule has 0 atom stereocenters. The number of anilines is 1. The maximum atomic E-state index is 13.7. The minimum Gasteiger partial charge on any atom is -0.397 e. The first-order chi connectivity index (χ1) is 8.20. The summed E-state index contributed by atoms with van der Waals surface area (Å²) in [5.41, 5.74) is 4.39. The first-order valence-electron chi connectivity index (χ1n) is 4.91. The zero-order chi connectivity index (χ0) is 13.7. The van der Waals surface area contributed by atoms with E-state index in [1.165, 1.54) is 17.8 Å². The summed E-state index contributed by atoms with van der Waals surface area (Å²) in [7, 11) is 1.45. The van der Waals surface area contributed by atoms with E-state index in [1.807, 2.05) is 0 Å². The lowest BCUT2D eigenvalue weighted by molar-refractivity contribution is -0.141. The molecule has 0 amide bonds. The Morgan fingerprint density at radius 1 is 1.33 bits per heavy atom. The number of pyridine rings is 1. The summed E-state index contributed by atoms with van der Waals surface area (Å²) in [6.45, 7) is -1.55. The monoisotopic (exact) mass is 263 g/mol. The summed E-state index contributed by atoms with van der Waals surface area (Å²) in [6, 6.07) is 0. The average molecular weight is 263 g/mol. The Bertz CT molecular complexity index is 668. The number of hydrogen-bond acceptors (Lipinski definition) is 2. The van der Waals surface area contributed by atoms with Crippen molar-refractivity contribution in [1.82, 2.24) is 9.13 Å². The molecule has 0 saturated carbocycles. The van der Waals surface area contributed by atoms with Crippen LogP contribution in [0.2, 0.25) is 0 Å². The number of nitrogens with zero attached hydrogens (tertiary/aromatic N) is 2. The molecule has 4 nitrogen and oxygen atoms in total. The number of alkyl halides is 3. The molecule has 2 heterocycles. The number of halogens is 4. The molecule has 0 aliphatic carbocycles. The van der Waals surface area contributed by atoms with Crippen LogP contribution in [-0.4, -0.2) is 15.3 Å². The normalized spacial score (nSPS) is 12.3. The Balaban J connectivity index is 2.77. The summed E-state index contributed by atoms with van der Waals surface area (Å²) in [5, 5.41) is -0.234. The van der Waals surface area contributed by atoms with Gasteiger partial charge in [-0.15, -0.1) is 0 Å². The van der Waals surface area contributed by atoms with Gasteiger partial charge >= 0.3 is 6.18 Å². The number of nitrogen functional groups attached to an aromatic ring is 1. The highest BCUT2D eigenvalue weighted by Crippen LogP contribution is 2.23. The van der Waals surface area contributed by atoms with Crippen molar-refractivity contribution >= 4 is 16.6 Å². The molecule has 98 valence electrons. The van der Waals surface area contributed by atoms with Crippen LogP contribution in [0.25, 0.3) is 10.9 Å². The lowest BCUT2D eigenvalue weighted by atomic mass is 10.3. The van der Waals surface area contributed by atoms with Crippen LogP contribution in [0.5, 0.6) is 0 Å². The van der Waals surface area contributed by atoms with Gasteiger partial charge in [0.2, 0.25) is 0 Å². The zero-order valence-electron chi connectivity index (χ0n) is 9.25. The topological polar surface area (TPSA) is 52.9 Å². The molecular formula is C10H9F4N3O. The molecule has 0 bridgehead atoms. The molecular weight excluding hydrogens is 254 g/mol. The van der Waals surface area contributed by atoms with Crippen molar-refractivity contribution in [3.63, 3.8) is 0 Å². The van der Waals surface area contributed by atoms with Crippen molar-refractivity contribution < 1.29 is 17.6 Å². The van der Waals surface area contributed by atoms with Crippen molar-refractivity contribution in [3.05, 3.63) is 28.6 Å². The molecule has 0 aliphatic rings. The van der Waals surface area contributed by atoms with Crippen LogP contribution in [0, 0.1) is 5.82 Å². The quantitative estimate of drug-likeness (QED) is 0.795. The smallest absolute Gasteiger partial charge is 0.397 e. The molecule has 8 heteroatoms. The Morgan fingerprint density at radius 3 is 2.50 bits per heavy atom. The molecule has 0 aromatic carbocycles. The number of aromatic nitrogens is 2. The summed E-state index contributed by atoms with van der Waals surface area (Å²) >= 11 is 0. The van der Waals surface area contributed by atoms with Gasteiger partial charge in [-0.2, -0.15) is 13.2 Å². The Hall–Kier alpha value is -1.99. The highest BCUT2D eigenvalue weighted by atomic mass is 19.4. The molecule has 2 rings (SSSR count). The summed E-state index contributed by atoms with van der Waals surface area (Å²) < 4.78 is 51.9. The number of aryl methyl sites for hydroxylation is 1. The van der Waals surface area contributed by atoms with E-state index in [2.05, 4.69) is 0 Å². The predicted octanol–water partition coefficient (Wildman–Crippen LogP) is 1.62. The molecule has 18 heavy (non-hydrogen) atoms. The first-order valence-corrected chi connectivity index (χ1v) is 4.91. The lowest BCUT2D eigenvalue weighted by Gasteiger charge is -2.10. The van der Waals surface area contributed by atoms with E-state index in [4.69, 9.17) is 5.73 Å². The molecule has 2 aromatic heterocycles. The third-order valence-electron chi connectivity index (χ3n) is 2.53. The van der Waals surface area contributed by atoms with Crippen LogP contribution >= 0.6 is 0 Å². The van der Waals surface area contributed by atoms with E-state index in [0.29, 0.717) is 6.20 Å². The van der Waals surface area contributed by atoms with Gasteiger partial charge < -0.3 is 14.9 Å². The second kappa shape index (κ2) is 3.76. The largest absolute Gasteiger partial charge is 0.406 e. The number of hydrogen-bond donors (Lipinski definition) is 1. The maximum Gasteiger partial charge on any atom is 0.406 e. The van der Waals surface area contributed by atoms with Crippen molar-refractivity contribution in [2.45, 2.75) is 12.7 Å². The van der Waals surface area contributed by atoms with Gasteiger partial charge in [-0.3, -0.25) is 4.79 Å². The van der Waals surface area contributed by atoms with Gasteiger partial charge in [-0.05, 0) is 0 Å². The van der Waals surface area contributed by atoms with Gasteiger partial charge in [0.05, 0.1) is 16.6 Å². The third-order valence-corrected chi connectivity index (χ3v) is 2.53. The van der Waals surface area contributed by atoms with Crippen LogP contribution in [0.1, 0.15) is 0 Å². The van der Waals surface area contributed by atoms with Crippen LogP contribution in [0.3, 0.4) is 0 Å². The minimum atomic E-state index is -4.60. The van der Waals surface area contributed by atoms with Gasteiger partial charge in [0.1, 0.15) is 6.54 Å². The van der Waals surface area contributed by atoms with E-state index >= 15 is 0 Å². The molecule has 2 N–H and O–H groups in total. The van der Waals surface area contributed by atoms with Crippen molar-refractivity contribution in [3.8, 4) is 0 Å². The second-order valence-electron chi connectivity index (χ2n) is 3.94. The van der Waals surface area contributed by atoms with Gasteiger partial charge in [0, 0.05) is 19.4 Å². The van der Waals surface area contributed by atoms with Crippen molar-refractivity contribution in [2.24, 2.45) is 7.05 Å². The summed E-state index contributed by atoms with van der Waals surface area (Å²) in [5.74, 6) is -0.923. The van der Waals surface area contributed by atoms with Crippen LogP contribution in [0.15, 0.2) is 17.2 Å². The van der Waals surface area contributed by atoms with Crippen LogP contribution < -0.4 is 11.3 Å². The standard InChI is InChI=1S/C10H9F4N3O/c1-16-3-6(15)7-8(16)5(11)2-17(9(7)18)4-10(12,13)14/h2-3H,4,15H2,1H3. The molecule has 0 aliphatic heterocycles. The predicted molar refractivity (Wildman–Crippen MR) is 57.6 cm³/mol. The highest BCUT2D eigenvalue weighted by Gasteiger charge is 2.29. The van der Waals surface area contributed by atoms with Crippen molar-refractivity contribution in [1.29, 1.82) is 0 Å². The summed E-state index contributed by atoms with van der Waals surface area (Å²) in [6.07, 6.45) is -2.78. The van der Waals surface area contributed by atoms with Gasteiger partial charge in [0.25, 0.3) is 5.56 Å². The van der Waals surface area contributed by atoms with Gasteiger partial charge in [-0.25, -0.2) is 4.39 Å². The Labute approximate surface area is 98.2 Å². The Kier molecular flexibility index (Phi) is 2.60. The highest BCUT2D eigenvalue weighted by molar-refractivity contribution is 5.91. The van der Waals surface area contributed by atoms with Gasteiger partial charge in [-0.1, -0.05) is 0 Å². The summed E-state index contributed by atoms with van der Waals surface area (Å²) in [4.78, 5) is 11.8. The SMILES string of the molecule is Cn1cc(N)c2c(=O)n(CC(F)(F)F)cc(F)c21. The van der Waals surface area contributed by atoms with Crippen molar-refractivity contribution in [2.75, 3.05) is 5.73 Å². The zero-order valence-corrected chi connectivity index (χ0v) is 9.25. The Morgan fingerprint density at radius 2 is 1.94 bits per heavy atom. The fraction of sp³-hybridized carbons (Fsp3) is 0.300. The fourth-order valence-electron chi connectivity index (χ4n) is 1.87. The molecule has 2 aromatic rings. The molecule has 0 saturated heterocycles. The maximum absolute atomic E-state index is 13.7. The number of nitrogens with two attached hydrogens (primary N) is 1. The van der Waals surface area contributed by atoms with Crippen LogP contribution in [0.4, 0.5) is 23.2 Å². The van der Waals surface area contributed by atoms with E-state index in [-0.39, 0.29) is 21.2 Å². The molecule has 0 spiro atoms. The molecule has 0 fully saturated rings.